The first-order valence-corrected chi connectivity index (χ1v) is 7.26. The monoisotopic (exact) mass is 265 g/mol. The van der Waals surface area contributed by atoms with Gasteiger partial charge in [0.05, 0.1) is 23.2 Å². The Morgan fingerprint density at radius 1 is 1.28 bits per heavy atom. The average molecular weight is 265 g/mol. The van der Waals surface area contributed by atoms with Crippen LogP contribution >= 0.6 is 0 Å². The maximum Gasteiger partial charge on any atom is 0.234 e. The Bertz CT molecular complexity index is 641. The summed E-state index contributed by atoms with van der Waals surface area (Å²) in [6.45, 7) is 0.413. The molecule has 6 heteroatoms. The van der Waals surface area contributed by atoms with E-state index >= 15 is 0 Å². The smallest absolute Gasteiger partial charge is 0.234 e. The fourth-order valence-electron chi connectivity index (χ4n) is 1.59. The van der Waals surface area contributed by atoms with Gasteiger partial charge in [-0.25, -0.2) is 8.42 Å². The topological polar surface area (TPSA) is 71.1 Å². The second-order valence-corrected chi connectivity index (χ2v) is 5.78. The highest BCUT2D eigenvalue weighted by molar-refractivity contribution is 7.92. The van der Waals surface area contributed by atoms with Gasteiger partial charge in [-0.1, -0.05) is 18.2 Å². The standard InChI is InChI=1S/C12H15N3O2S/c1-13-6-7-18(16,17)15-11-8-10-4-2-3-5-12(10)14-9-11/h2-5,8-9,13,15H,6-7H2,1H3. The van der Waals surface area contributed by atoms with Crippen LogP contribution in [-0.2, 0) is 10.0 Å². The molecule has 5 nitrogen and oxygen atoms in total. The maximum absolute atomic E-state index is 11.7. The molecule has 0 saturated heterocycles. The van der Waals surface area contributed by atoms with Gasteiger partial charge < -0.3 is 5.32 Å². The predicted octanol–water partition coefficient (Wildman–Crippen LogP) is 1.20. The van der Waals surface area contributed by atoms with Crippen molar-refractivity contribution in [3.8, 4) is 0 Å². The molecule has 0 atom stereocenters. The molecule has 18 heavy (non-hydrogen) atoms. The lowest BCUT2D eigenvalue weighted by Gasteiger charge is -2.08. The van der Waals surface area contributed by atoms with E-state index in [-0.39, 0.29) is 5.75 Å². The molecule has 1 aromatic carbocycles. The van der Waals surface area contributed by atoms with Crippen molar-refractivity contribution in [2.75, 3.05) is 24.1 Å². The van der Waals surface area contributed by atoms with Crippen LogP contribution in [0, 0.1) is 0 Å². The van der Waals surface area contributed by atoms with Gasteiger partial charge in [-0.3, -0.25) is 9.71 Å². The zero-order chi connectivity index (χ0) is 13.0. The number of hydrogen-bond acceptors (Lipinski definition) is 4. The second kappa shape index (κ2) is 5.32. The van der Waals surface area contributed by atoms with E-state index in [0.717, 1.165) is 10.9 Å². The fraction of sp³-hybridized carbons (Fsp3) is 0.250. The van der Waals surface area contributed by atoms with E-state index < -0.39 is 10.0 Å². The summed E-state index contributed by atoms with van der Waals surface area (Å²) in [5.74, 6) is 0.0380. The second-order valence-electron chi connectivity index (χ2n) is 3.94. The number of benzene rings is 1. The van der Waals surface area contributed by atoms with Crippen LogP contribution in [0.5, 0.6) is 0 Å². The van der Waals surface area contributed by atoms with E-state index in [1.165, 1.54) is 6.20 Å². The fourth-order valence-corrected chi connectivity index (χ4v) is 2.64. The van der Waals surface area contributed by atoms with E-state index in [1.807, 2.05) is 24.3 Å². The van der Waals surface area contributed by atoms with Crippen molar-refractivity contribution in [3.63, 3.8) is 0 Å². The van der Waals surface area contributed by atoms with E-state index in [4.69, 9.17) is 0 Å². The van der Waals surface area contributed by atoms with Crippen LogP contribution < -0.4 is 10.0 Å². The summed E-state index contributed by atoms with van der Waals surface area (Å²) >= 11 is 0. The third-order valence-corrected chi connectivity index (χ3v) is 3.77. The van der Waals surface area contributed by atoms with Crippen LogP contribution in [-0.4, -0.2) is 32.7 Å². The number of pyridine rings is 1. The third-order valence-electron chi connectivity index (χ3n) is 2.48. The summed E-state index contributed by atoms with van der Waals surface area (Å²) in [6.07, 6.45) is 1.53. The minimum atomic E-state index is -3.32. The zero-order valence-electron chi connectivity index (χ0n) is 10.1. The third kappa shape index (κ3) is 3.18. The number of sulfonamides is 1. The largest absolute Gasteiger partial charge is 0.319 e. The molecule has 0 bridgehead atoms. The molecular weight excluding hydrogens is 250 g/mol. The summed E-state index contributed by atoms with van der Waals surface area (Å²) < 4.78 is 25.9. The molecule has 0 aliphatic carbocycles. The van der Waals surface area contributed by atoms with Crippen molar-refractivity contribution in [2.24, 2.45) is 0 Å². The minimum Gasteiger partial charge on any atom is -0.319 e. The van der Waals surface area contributed by atoms with Gasteiger partial charge in [0.2, 0.25) is 10.0 Å². The number of aromatic nitrogens is 1. The molecule has 0 saturated carbocycles. The Balaban J connectivity index is 2.22. The Hall–Kier alpha value is -1.66. The molecule has 0 fully saturated rings. The Kier molecular flexibility index (Phi) is 3.78. The summed E-state index contributed by atoms with van der Waals surface area (Å²) in [5, 5.41) is 3.71. The molecular formula is C12H15N3O2S. The van der Waals surface area contributed by atoms with Gasteiger partial charge in [0.1, 0.15) is 0 Å². The Morgan fingerprint density at radius 2 is 2.06 bits per heavy atom. The van der Waals surface area contributed by atoms with Crippen molar-refractivity contribution in [1.82, 2.24) is 10.3 Å². The van der Waals surface area contributed by atoms with Crippen LogP contribution in [0.1, 0.15) is 0 Å². The van der Waals surface area contributed by atoms with Gasteiger partial charge in [-0.05, 0) is 19.2 Å². The van der Waals surface area contributed by atoms with Gasteiger partial charge in [-0.2, -0.15) is 0 Å². The molecule has 1 heterocycles. The number of rotatable bonds is 5. The van der Waals surface area contributed by atoms with Gasteiger partial charge >= 0.3 is 0 Å². The lowest BCUT2D eigenvalue weighted by molar-refractivity contribution is 0.598. The molecule has 2 rings (SSSR count). The molecule has 2 aromatic rings. The molecule has 1 aromatic heterocycles. The van der Waals surface area contributed by atoms with E-state index in [2.05, 4.69) is 15.0 Å². The van der Waals surface area contributed by atoms with Gasteiger partial charge in [0.15, 0.2) is 0 Å². The summed E-state index contributed by atoms with van der Waals surface area (Å²) in [6, 6.07) is 9.34. The highest BCUT2D eigenvalue weighted by atomic mass is 32.2. The zero-order valence-corrected chi connectivity index (χ0v) is 10.9. The number of nitrogens with one attached hydrogen (secondary N) is 2. The summed E-state index contributed by atoms with van der Waals surface area (Å²) in [4.78, 5) is 4.20. The number of hydrogen-bond donors (Lipinski definition) is 2. The molecule has 0 aliphatic rings. The van der Waals surface area contributed by atoms with Gasteiger partial charge in [-0.15, -0.1) is 0 Å². The molecule has 0 amide bonds. The van der Waals surface area contributed by atoms with Crippen LogP contribution in [0.2, 0.25) is 0 Å². The van der Waals surface area contributed by atoms with Crippen molar-refractivity contribution in [2.45, 2.75) is 0 Å². The van der Waals surface area contributed by atoms with Crippen LogP contribution in [0.15, 0.2) is 36.5 Å². The van der Waals surface area contributed by atoms with Gasteiger partial charge in [0.25, 0.3) is 0 Å². The lowest BCUT2D eigenvalue weighted by Crippen LogP contribution is -2.24. The van der Waals surface area contributed by atoms with Crippen molar-refractivity contribution in [3.05, 3.63) is 36.5 Å². The van der Waals surface area contributed by atoms with E-state index in [1.54, 1.807) is 13.1 Å². The lowest BCUT2D eigenvalue weighted by atomic mass is 10.2. The number of anilines is 1. The highest BCUT2D eigenvalue weighted by Crippen LogP contribution is 2.16. The summed E-state index contributed by atoms with van der Waals surface area (Å²) in [7, 11) is -1.60. The highest BCUT2D eigenvalue weighted by Gasteiger charge is 2.09. The summed E-state index contributed by atoms with van der Waals surface area (Å²) in [5.41, 5.74) is 1.33. The first-order valence-electron chi connectivity index (χ1n) is 5.60. The first kappa shape index (κ1) is 12.8. The molecule has 0 spiro atoms. The predicted molar refractivity (Wildman–Crippen MR) is 73.1 cm³/mol. The van der Waals surface area contributed by atoms with Crippen LogP contribution in [0.3, 0.4) is 0 Å². The van der Waals surface area contributed by atoms with Crippen LogP contribution in [0.25, 0.3) is 10.9 Å². The SMILES string of the molecule is CNCCS(=O)(=O)Nc1cnc2ccccc2c1. The van der Waals surface area contributed by atoms with E-state index in [9.17, 15) is 8.42 Å². The average Bonchev–Trinajstić information content (AvgIpc) is 2.36. The quantitative estimate of drug-likeness (QED) is 0.852. The van der Waals surface area contributed by atoms with E-state index in [0.29, 0.717) is 12.2 Å². The normalized spacial score (nSPS) is 11.6. The van der Waals surface area contributed by atoms with Crippen molar-refractivity contribution >= 4 is 26.6 Å². The number of para-hydroxylation sites is 1. The van der Waals surface area contributed by atoms with Crippen LogP contribution in [0.4, 0.5) is 5.69 Å². The van der Waals surface area contributed by atoms with Crippen molar-refractivity contribution < 1.29 is 8.42 Å². The molecule has 2 N–H and O–H groups in total. The van der Waals surface area contributed by atoms with Gasteiger partial charge in [0, 0.05) is 11.9 Å². The Morgan fingerprint density at radius 3 is 2.83 bits per heavy atom. The molecule has 0 unspecified atom stereocenters. The Labute approximate surface area is 106 Å². The van der Waals surface area contributed by atoms with Crippen molar-refractivity contribution in [1.29, 1.82) is 0 Å². The molecule has 0 radical (unpaired) electrons. The number of fused-ring (bicyclic) bond motifs is 1. The first-order chi connectivity index (χ1) is 8.61. The number of nitrogens with zero attached hydrogens (tertiary/aromatic N) is 1. The molecule has 0 aliphatic heterocycles. The maximum atomic E-state index is 11.7. The minimum absolute atomic E-state index is 0.0380. The molecule has 96 valence electrons.